The highest BCUT2D eigenvalue weighted by Crippen LogP contribution is 2.12. The zero-order valence-corrected chi connectivity index (χ0v) is 8.52. The van der Waals surface area contributed by atoms with Crippen LogP contribution in [-0.4, -0.2) is 19.6 Å². The lowest BCUT2D eigenvalue weighted by molar-refractivity contribution is 0.514. The predicted molar refractivity (Wildman–Crippen MR) is 52.7 cm³/mol. The second-order valence-electron chi connectivity index (χ2n) is 4.03. The summed E-state index contributed by atoms with van der Waals surface area (Å²) >= 11 is 0. The smallest absolute Gasteiger partial charge is 0.252 e. The lowest BCUT2D eigenvalue weighted by atomic mass is 10.1. The van der Waals surface area contributed by atoms with Crippen molar-refractivity contribution in [3.05, 3.63) is 23.8 Å². The monoisotopic (exact) mass is 191 g/mol. The van der Waals surface area contributed by atoms with Crippen LogP contribution in [0, 0.1) is 6.92 Å². The van der Waals surface area contributed by atoms with Gasteiger partial charge in [-0.3, -0.25) is 0 Å². The van der Waals surface area contributed by atoms with Crippen LogP contribution >= 0.6 is 0 Å². The van der Waals surface area contributed by atoms with Gasteiger partial charge in [-0.2, -0.15) is 4.98 Å². The zero-order chi connectivity index (χ0) is 10.3. The SMILES string of the molecule is Cc1cnc2nc(C(C)(C)N)nn2c1. The normalized spacial score (nSPS) is 12.3. The molecule has 0 fully saturated rings. The molecule has 2 aromatic rings. The van der Waals surface area contributed by atoms with Crippen LogP contribution in [-0.2, 0) is 5.54 Å². The molecule has 2 heterocycles. The van der Waals surface area contributed by atoms with E-state index in [1.165, 1.54) is 0 Å². The minimum Gasteiger partial charge on any atom is -0.319 e. The third-order valence-electron chi connectivity index (χ3n) is 1.90. The van der Waals surface area contributed by atoms with E-state index in [0.717, 1.165) is 5.56 Å². The van der Waals surface area contributed by atoms with Crippen LogP contribution in [0.25, 0.3) is 5.78 Å². The molecule has 0 spiro atoms. The van der Waals surface area contributed by atoms with Gasteiger partial charge in [-0.05, 0) is 26.3 Å². The largest absolute Gasteiger partial charge is 0.319 e. The van der Waals surface area contributed by atoms with Gasteiger partial charge in [0.2, 0.25) is 0 Å². The van der Waals surface area contributed by atoms with Crippen LogP contribution in [0.5, 0.6) is 0 Å². The lowest BCUT2D eigenvalue weighted by Gasteiger charge is -2.11. The summed E-state index contributed by atoms with van der Waals surface area (Å²) in [7, 11) is 0. The summed E-state index contributed by atoms with van der Waals surface area (Å²) in [6.45, 7) is 5.70. The number of nitrogens with two attached hydrogens (primary N) is 1. The average molecular weight is 191 g/mol. The number of hydrogen-bond donors (Lipinski definition) is 1. The Balaban J connectivity index is 2.63. The van der Waals surface area contributed by atoms with E-state index < -0.39 is 5.54 Å². The molecule has 5 heteroatoms. The first-order chi connectivity index (χ1) is 6.47. The molecule has 0 saturated carbocycles. The van der Waals surface area contributed by atoms with Gasteiger partial charge in [0.1, 0.15) is 0 Å². The molecular weight excluding hydrogens is 178 g/mol. The highest BCUT2D eigenvalue weighted by atomic mass is 15.3. The molecule has 0 atom stereocenters. The molecule has 0 aliphatic heterocycles. The van der Waals surface area contributed by atoms with Gasteiger partial charge < -0.3 is 5.73 Å². The molecule has 0 aliphatic rings. The predicted octanol–water partition coefficient (Wildman–Crippen LogP) is 0.627. The van der Waals surface area contributed by atoms with E-state index in [-0.39, 0.29) is 0 Å². The molecule has 0 unspecified atom stereocenters. The van der Waals surface area contributed by atoms with Crippen LogP contribution in [0.2, 0.25) is 0 Å². The first-order valence-corrected chi connectivity index (χ1v) is 4.45. The number of aromatic nitrogens is 4. The van der Waals surface area contributed by atoms with Gasteiger partial charge in [0.05, 0.1) is 5.54 Å². The number of rotatable bonds is 1. The van der Waals surface area contributed by atoms with Crippen LogP contribution < -0.4 is 5.73 Å². The van der Waals surface area contributed by atoms with Gasteiger partial charge in [-0.1, -0.05) is 0 Å². The van der Waals surface area contributed by atoms with Crippen molar-refractivity contribution in [1.29, 1.82) is 0 Å². The molecule has 0 bridgehead atoms. The van der Waals surface area contributed by atoms with Crippen LogP contribution in [0.3, 0.4) is 0 Å². The van der Waals surface area contributed by atoms with E-state index in [4.69, 9.17) is 5.73 Å². The lowest BCUT2D eigenvalue weighted by Crippen LogP contribution is -2.30. The number of aryl methyl sites for hydroxylation is 1. The second-order valence-corrected chi connectivity index (χ2v) is 4.03. The minimum atomic E-state index is -0.526. The Morgan fingerprint density at radius 3 is 2.79 bits per heavy atom. The van der Waals surface area contributed by atoms with Gasteiger partial charge in [0.15, 0.2) is 5.82 Å². The maximum Gasteiger partial charge on any atom is 0.252 e. The molecule has 0 aliphatic carbocycles. The van der Waals surface area contributed by atoms with Gasteiger partial charge in [0.25, 0.3) is 5.78 Å². The molecule has 74 valence electrons. The molecule has 0 radical (unpaired) electrons. The fraction of sp³-hybridized carbons (Fsp3) is 0.444. The third-order valence-corrected chi connectivity index (χ3v) is 1.90. The summed E-state index contributed by atoms with van der Waals surface area (Å²) in [6, 6.07) is 0. The Morgan fingerprint density at radius 2 is 2.14 bits per heavy atom. The topological polar surface area (TPSA) is 69.1 Å². The Hall–Kier alpha value is -1.49. The molecule has 0 amide bonds. The van der Waals surface area contributed by atoms with Gasteiger partial charge in [-0.15, -0.1) is 5.10 Å². The zero-order valence-electron chi connectivity index (χ0n) is 8.52. The van der Waals surface area contributed by atoms with Crippen molar-refractivity contribution in [2.45, 2.75) is 26.3 Å². The summed E-state index contributed by atoms with van der Waals surface area (Å²) in [5, 5.41) is 4.26. The van der Waals surface area contributed by atoms with Gasteiger partial charge in [-0.25, -0.2) is 9.50 Å². The van der Waals surface area contributed by atoms with E-state index in [0.29, 0.717) is 11.6 Å². The third kappa shape index (κ3) is 1.46. The Bertz CT molecular complexity index is 465. The summed E-state index contributed by atoms with van der Waals surface area (Å²) in [6.07, 6.45) is 3.64. The molecule has 0 aromatic carbocycles. The number of hydrogen-bond acceptors (Lipinski definition) is 4. The second kappa shape index (κ2) is 2.75. The van der Waals surface area contributed by atoms with Crippen LogP contribution in [0.4, 0.5) is 0 Å². The summed E-state index contributed by atoms with van der Waals surface area (Å²) < 4.78 is 1.65. The van der Waals surface area contributed by atoms with E-state index in [9.17, 15) is 0 Å². The Morgan fingerprint density at radius 1 is 1.43 bits per heavy atom. The Labute approximate surface area is 82.0 Å². The molecule has 2 aromatic heterocycles. The van der Waals surface area contributed by atoms with E-state index in [1.54, 1.807) is 10.7 Å². The number of nitrogens with zero attached hydrogens (tertiary/aromatic N) is 4. The average Bonchev–Trinajstić information content (AvgIpc) is 2.45. The quantitative estimate of drug-likeness (QED) is 0.717. The molecule has 0 saturated heterocycles. The first-order valence-electron chi connectivity index (χ1n) is 4.45. The van der Waals surface area contributed by atoms with Crippen molar-refractivity contribution in [1.82, 2.24) is 19.6 Å². The fourth-order valence-corrected chi connectivity index (χ4v) is 1.15. The number of fused-ring (bicyclic) bond motifs is 1. The molecule has 14 heavy (non-hydrogen) atoms. The van der Waals surface area contributed by atoms with Crippen molar-refractivity contribution in [2.24, 2.45) is 5.73 Å². The highest BCUT2D eigenvalue weighted by molar-refractivity contribution is 5.28. The maximum atomic E-state index is 5.89. The van der Waals surface area contributed by atoms with Gasteiger partial charge in [0, 0.05) is 12.4 Å². The Kier molecular flexibility index (Phi) is 1.78. The fourth-order valence-electron chi connectivity index (χ4n) is 1.15. The van der Waals surface area contributed by atoms with Crippen molar-refractivity contribution in [3.63, 3.8) is 0 Å². The van der Waals surface area contributed by atoms with Crippen LogP contribution in [0.1, 0.15) is 25.2 Å². The summed E-state index contributed by atoms with van der Waals surface area (Å²) in [5.41, 5.74) is 6.41. The van der Waals surface area contributed by atoms with Crippen molar-refractivity contribution < 1.29 is 0 Å². The van der Waals surface area contributed by atoms with E-state index in [2.05, 4.69) is 15.1 Å². The van der Waals surface area contributed by atoms with E-state index >= 15 is 0 Å². The van der Waals surface area contributed by atoms with E-state index in [1.807, 2.05) is 27.0 Å². The summed E-state index contributed by atoms with van der Waals surface area (Å²) in [4.78, 5) is 8.39. The van der Waals surface area contributed by atoms with Crippen molar-refractivity contribution >= 4 is 5.78 Å². The van der Waals surface area contributed by atoms with Gasteiger partial charge >= 0.3 is 0 Å². The maximum absolute atomic E-state index is 5.89. The standard InChI is InChI=1S/C9H13N5/c1-6-4-11-8-12-7(9(2,3)10)13-14(8)5-6/h4-5H,10H2,1-3H3. The molecule has 2 rings (SSSR count). The molecular formula is C9H13N5. The molecule has 5 nitrogen and oxygen atoms in total. The van der Waals surface area contributed by atoms with Crippen LogP contribution in [0.15, 0.2) is 12.4 Å². The highest BCUT2D eigenvalue weighted by Gasteiger charge is 2.20. The molecule has 2 N–H and O–H groups in total. The van der Waals surface area contributed by atoms with Crippen molar-refractivity contribution in [2.75, 3.05) is 0 Å². The first kappa shape index (κ1) is 9.08. The summed E-state index contributed by atoms with van der Waals surface area (Å²) in [5.74, 6) is 1.19. The van der Waals surface area contributed by atoms with Crippen molar-refractivity contribution in [3.8, 4) is 0 Å². The minimum absolute atomic E-state index is 0.526.